The van der Waals surface area contributed by atoms with Gasteiger partial charge in [-0.15, -0.1) is 0 Å². The molecule has 0 fully saturated rings. The summed E-state index contributed by atoms with van der Waals surface area (Å²) in [7, 11) is -3.33. The molecule has 108 valence electrons. The van der Waals surface area contributed by atoms with Crippen LogP contribution in [0, 0.1) is 0 Å². The lowest BCUT2D eigenvalue weighted by atomic mass is 9.97. The molecular weight excluding hydrogens is 262 g/mol. The Kier molecular flexibility index (Phi) is 5.52. The van der Waals surface area contributed by atoms with Crippen LogP contribution in [0.1, 0.15) is 37.8 Å². The van der Waals surface area contributed by atoms with Crippen molar-refractivity contribution in [2.45, 2.75) is 39.3 Å². The van der Waals surface area contributed by atoms with E-state index in [2.05, 4.69) is 13.8 Å². The molecule has 0 unspecified atom stereocenters. The van der Waals surface area contributed by atoms with E-state index in [9.17, 15) is 13.5 Å². The van der Waals surface area contributed by atoms with Gasteiger partial charge in [-0.05, 0) is 24.0 Å². The molecule has 1 aromatic rings. The lowest BCUT2D eigenvalue weighted by Crippen LogP contribution is -2.35. The number of sulfonamides is 1. The van der Waals surface area contributed by atoms with Crippen molar-refractivity contribution in [2.75, 3.05) is 12.8 Å². The fraction of sp³-hybridized carbons (Fsp3) is 0.571. The first-order valence-corrected chi connectivity index (χ1v) is 8.27. The Morgan fingerprint density at radius 2 is 1.79 bits per heavy atom. The molecule has 0 amide bonds. The first kappa shape index (κ1) is 16.1. The second-order valence-electron chi connectivity index (χ2n) is 5.26. The van der Waals surface area contributed by atoms with Crippen molar-refractivity contribution in [1.82, 2.24) is 4.31 Å². The second-order valence-corrected chi connectivity index (χ2v) is 7.24. The lowest BCUT2D eigenvalue weighted by molar-refractivity contribution is 0.161. The molecule has 1 atom stereocenters. The molecule has 0 bridgehead atoms. The fourth-order valence-corrected chi connectivity index (χ4v) is 2.90. The van der Waals surface area contributed by atoms with E-state index in [-0.39, 0.29) is 6.54 Å². The molecule has 0 heterocycles. The highest BCUT2D eigenvalue weighted by molar-refractivity contribution is 7.88. The quantitative estimate of drug-likeness (QED) is 0.869. The number of hydrogen-bond donors (Lipinski definition) is 1. The zero-order chi connectivity index (χ0) is 14.6. The Morgan fingerprint density at radius 3 is 2.26 bits per heavy atom. The number of nitrogens with zero attached hydrogens (tertiary/aromatic N) is 1. The SMILES string of the molecule is CC(C)c1ccccc1CN(C[C@@H](C)O)S(C)(=O)=O. The summed E-state index contributed by atoms with van der Waals surface area (Å²) in [5.41, 5.74) is 2.13. The molecule has 0 saturated carbocycles. The molecule has 1 N–H and O–H groups in total. The van der Waals surface area contributed by atoms with Crippen molar-refractivity contribution < 1.29 is 13.5 Å². The summed E-state index contributed by atoms with van der Waals surface area (Å²) in [4.78, 5) is 0. The third kappa shape index (κ3) is 4.93. The van der Waals surface area contributed by atoms with Crippen molar-refractivity contribution in [3.05, 3.63) is 35.4 Å². The highest BCUT2D eigenvalue weighted by Gasteiger charge is 2.20. The maximum Gasteiger partial charge on any atom is 0.211 e. The van der Waals surface area contributed by atoms with Gasteiger partial charge in [0.2, 0.25) is 10.0 Å². The minimum atomic E-state index is -3.33. The second kappa shape index (κ2) is 6.50. The van der Waals surface area contributed by atoms with Gasteiger partial charge in [0.1, 0.15) is 0 Å². The van der Waals surface area contributed by atoms with Gasteiger partial charge < -0.3 is 5.11 Å². The van der Waals surface area contributed by atoms with Crippen LogP contribution >= 0.6 is 0 Å². The monoisotopic (exact) mass is 285 g/mol. The molecule has 0 saturated heterocycles. The summed E-state index contributed by atoms with van der Waals surface area (Å²) in [6.45, 7) is 6.17. The van der Waals surface area contributed by atoms with Crippen LogP contribution in [0.25, 0.3) is 0 Å². The Balaban J connectivity index is 3.03. The number of hydrogen-bond acceptors (Lipinski definition) is 3. The maximum atomic E-state index is 11.8. The zero-order valence-electron chi connectivity index (χ0n) is 12.0. The van der Waals surface area contributed by atoms with Gasteiger partial charge in [-0.2, -0.15) is 4.31 Å². The molecule has 19 heavy (non-hydrogen) atoms. The molecule has 1 aromatic carbocycles. The van der Waals surface area contributed by atoms with Crippen LogP contribution in [-0.2, 0) is 16.6 Å². The summed E-state index contributed by atoms with van der Waals surface area (Å²) >= 11 is 0. The first-order chi connectivity index (χ1) is 8.71. The molecule has 0 aromatic heterocycles. The Bertz CT molecular complexity index is 509. The van der Waals surface area contributed by atoms with E-state index in [0.29, 0.717) is 12.5 Å². The van der Waals surface area contributed by atoms with Crippen LogP contribution in [-0.4, -0.2) is 36.7 Å². The fourth-order valence-electron chi connectivity index (χ4n) is 2.04. The van der Waals surface area contributed by atoms with Crippen LogP contribution in [0.3, 0.4) is 0 Å². The third-order valence-electron chi connectivity index (χ3n) is 2.96. The maximum absolute atomic E-state index is 11.8. The average molecular weight is 285 g/mol. The molecule has 1 rings (SSSR count). The van der Waals surface area contributed by atoms with Crippen LogP contribution in [0.2, 0.25) is 0 Å². The summed E-state index contributed by atoms with van der Waals surface area (Å²) < 4.78 is 24.9. The Hall–Kier alpha value is -0.910. The van der Waals surface area contributed by atoms with E-state index in [1.807, 2.05) is 24.3 Å². The highest BCUT2D eigenvalue weighted by Crippen LogP contribution is 2.21. The van der Waals surface area contributed by atoms with E-state index >= 15 is 0 Å². The predicted molar refractivity (Wildman–Crippen MR) is 77.5 cm³/mol. The third-order valence-corrected chi connectivity index (χ3v) is 4.18. The molecule has 0 aliphatic heterocycles. The molecule has 0 aliphatic carbocycles. The van der Waals surface area contributed by atoms with Gasteiger partial charge >= 0.3 is 0 Å². The van der Waals surface area contributed by atoms with Gasteiger partial charge in [-0.1, -0.05) is 38.1 Å². The Morgan fingerprint density at radius 1 is 1.21 bits per heavy atom. The van der Waals surface area contributed by atoms with Crippen molar-refractivity contribution in [3.8, 4) is 0 Å². The van der Waals surface area contributed by atoms with Crippen LogP contribution in [0.4, 0.5) is 0 Å². The molecule has 5 heteroatoms. The van der Waals surface area contributed by atoms with Gasteiger partial charge in [-0.25, -0.2) is 8.42 Å². The van der Waals surface area contributed by atoms with E-state index in [1.165, 1.54) is 10.6 Å². The van der Waals surface area contributed by atoms with E-state index in [4.69, 9.17) is 0 Å². The van der Waals surface area contributed by atoms with Crippen molar-refractivity contribution in [3.63, 3.8) is 0 Å². The number of rotatable bonds is 6. The minimum absolute atomic E-state index is 0.116. The summed E-state index contributed by atoms with van der Waals surface area (Å²) in [6, 6.07) is 7.82. The molecule has 0 spiro atoms. The highest BCUT2D eigenvalue weighted by atomic mass is 32.2. The van der Waals surface area contributed by atoms with Gasteiger partial charge in [0.25, 0.3) is 0 Å². The lowest BCUT2D eigenvalue weighted by Gasteiger charge is -2.23. The van der Waals surface area contributed by atoms with Crippen LogP contribution in [0.15, 0.2) is 24.3 Å². The minimum Gasteiger partial charge on any atom is -0.392 e. The van der Waals surface area contributed by atoms with Gasteiger partial charge in [0.15, 0.2) is 0 Å². The standard InChI is InChI=1S/C14H23NO3S/c1-11(2)14-8-6-5-7-13(14)10-15(9-12(3)16)19(4,17)18/h5-8,11-12,16H,9-10H2,1-4H3/t12-/m1/s1. The number of aliphatic hydroxyl groups excluding tert-OH is 1. The smallest absolute Gasteiger partial charge is 0.211 e. The molecular formula is C14H23NO3S. The predicted octanol–water partition coefficient (Wildman–Crippen LogP) is 1.95. The van der Waals surface area contributed by atoms with Crippen molar-refractivity contribution in [2.24, 2.45) is 0 Å². The van der Waals surface area contributed by atoms with Gasteiger partial charge in [-0.3, -0.25) is 0 Å². The first-order valence-electron chi connectivity index (χ1n) is 6.42. The van der Waals surface area contributed by atoms with E-state index < -0.39 is 16.1 Å². The van der Waals surface area contributed by atoms with Crippen molar-refractivity contribution in [1.29, 1.82) is 0 Å². The average Bonchev–Trinajstić information content (AvgIpc) is 2.26. The zero-order valence-corrected chi connectivity index (χ0v) is 12.8. The number of aliphatic hydroxyl groups is 1. The Labute approximate surface area is 116 Å². The largest absolute Gasteiger partial charge is 0.392 e. The molecule has 4 nitrogen and oxygen atoms in total. The van der Waals surface area contributed by atoms with Crippen LogP contribution < -0.4 is 0 Å². The van der Waals surface area contributed by atoms with Crippen molar-refractivity contribution >= 4 is 10.0 Å². The number of benzene rings is 1. The summed E-state index contributed by atoms with van der Waals surface area (Å²) in [6.07, 6.45) is 0.494. The topological polar surface area (TPSA) is 57.6 Å². The van der Waals surface area contributed by atoms with E-state index in [0.717, 1.165) is 11.1 Å². The molecule has 0 radical (unpaired) electrons. The van der Waals surface area contributed by atoms with Gasteiger partial charge in [0.05, 0.1) is 12.4 Å². The molecule has 0 aliphatic rings. The van der Waals surface area contributed by atoms with Gasteiger partial charge in [0, 0.05) is 13.1 Å². The van der Waals surface area contributed by atoms with Crippen LogP contribution in [0.5, 0.6) is 0 Å². The summed E-state index contributed by atoms with van der Waals surface area (Å²) in [5.74, 6) is 0.337. The van der Waals surface area contributed by atoms with E-state index in [1.54, 1.807) is 6.92 Å². The summed E-state index contributed by atoms with van der Waals surface area (Å²) in [5, 5.41) is 9.44. The normalized spacial score (nSPS) is 14.1.